The molecule has 0 aliphatic heterocycles. The highest BCUT2D eigenvalue weighted by Crippen LogP contribution is 2.53. The molecule has 4 rings (SSSR count). The zero-order chi connectivity index (χ0) is 16.2. The molecule has 23 heavy (non-hydrogen) atoms. The predicted molar refractivity (Wildman–Crippen MR) is 88.2 cm³/mol. The highest BCUT2D eigenvalue weighted by atomic mass is 19.1. The zero-order valence-corrected chi connectivity index (χ0v) is 12.9. The number of H-pyrrole nitrogens is 1. The fraction of sp³-hybridized carbons (Fsp3) is 0.263. The number of nitrogen functional groups attached to an aromatic ring is 1. The van der Waals surface area contributed by atoms with Crippen molar-refractivity contribution in [2.75, 3.05) is 5.73 Å². The average Bonchev–Trinajstić information content (AvgIpc) is 3.27. The molecule has 1 aliphatic carbocycles. The maximum atomic E-state index is 14.5. The normalized spacial score (nSPS) is 17.3. The Bertz CT molecular complexity index is 896. The molecule has 0 bridgehead atoms. The molecule has 0 unspecified atom stereocenters. The summed E-state index contributed by atoms with van der Waals surface area (Å²) < 4.78 is 27.9. The van der Waals surface area contributed by atoms with Gasteiger partial charge in [0, 0.05) is 23.1 Å². The number of aromatic amines is 1. The number of aromatic nitrogens is 1. The molecule has 0 amide bonds. The van der Waals surface area contributed by atoms with Crippen LogP contribution in [0.4, 0.5) is 14.5 Å². The Labute approximate surface area is 133 Å². The van der Waals surface area contributed by atoms with Gasteiger partial charge in [0.1, 0.15) is 11.6 Å². The van der Waals surface area contributed by atoms with Crippen molar-refractivity contribution in [3.8, 4) is 0 Å². The van der Waals surface area contributed by atoms with Gasteiger partial charge in [0.25, 0.3) is 0 Å². The summed E-state index contributed by atoms with van der Waals surface area (Å²) in [5.74, 6) is -0.687. The topological polar surface area (TPSA) is 41.8 Å². The van der Waals surface area contributed by atoms with E-state index in [9.17, 15) is 8.78 Å². The molecule has 1 fully saturated rings. The lowest BCUT2D eigenvalue weighted by Crippen LogP contribution is -2.27. The molecule has 1 atom stereocenters. The second-order valence-electron chi connectivity index (χ2n) is 6.57. The van der Waals surface area contributed by atoms with Crippen molar-refractivity contribution in [2.45, 2.75) is 25.2 Å². The molecule has 2 aromatic carbocycles. The minimum Gasteiger partial charge on any atom is -0.397 e. The van der Waals surface area contributed by atoms with Crippen LogP contribution >= 0.6 is 0 Å². The summed E-state index contributed by atoms with van der Waals surface area (Å²) in [5, 5.41) is 1.00. The lowest BCUT2D eigenvalue weighted by Gasteiger charge is -2.31. The number of para-hydroxylation sites is 1. The van der Waals surface area contributed by atoms with Crippen molar-refractivity contribution >= 4 is 16.6 Å². The number of anilines is 1. The van der Waals surface area contributed by atoms with Crippen molar-refractivity contribution in [3.05, 3.63) is 65.4 Å². The van der Waals surface area contributed by atoms with Gasteiger partial charge in [0.2, 0.25) is 0 Å². The summed E-state index contributed by atoms with van der Waals surface area (Å²) in [6.45, 7) is 2.05. The van der Waals surface area contributed by atoms with Crippen LogP contribution in [0.5, 0.6) is 0 Å². The molecule has 2 nitrogen and oxygen atoms in total. The second-order valence-corrected chi connectivity index (χ2v) is 6.57. The van der Waals surface area contributed by atoms with E-state index >= 15 is 0 Å². The minimum atomic E-state index is -0.549. The van der Waals surface area contributed by atoms with E-state index in [0.717, 1.165) is 35.4 Å². The Kier molecular flexibility index (Phi) is 2.98. The number of nitrogens with one attached hydrogen (secondary N) is 1. The van der Waals surface area contributed by atoms with E-state index < -0.39 is 17.0 Å². The maximum Gasteiger partial charge on any atom is 0.130 e. The molecule has 3 N–H and O–H groups in total. The summed E-state index contributed by atoms with van der Waals surface area (Å²) in [4.78, 5) is 3.22. The third-order valence-electron chi connectivity index (χ3n) is 5.19. The van der Waals surface area contributed by atoms with Crippen LogP contribution < -0.4 is 5.73 Å². The first-order valence-electron chi connectivity index (χ1n) is 7.83. The van der Waals surface area contributed by atoms with Crippen LogP contribution in [0, 0.1) is 17.6 Å². The van der Waals surface area contributed by atoms with Crippen LogP contribution in [0.15, 0.2) is 42.6 Å². The third-order valence-corrected chi connectivity index (χ3v) is 5.19. The van der Waals surface area contributed by atoms with Gasteiger partial charge in [-0.1, -0.05) is 25.1 Å². The van der Waals surface area contributed by atoms with Gasteiger partial charge in [-0.15, -0.1) is 0 Å². The van der Waals surface area contributed by atoms with Gasteiger partial charge < -0.3 is 10.7 Å². The van der Waals surface area contributed by atoms with Gasteiger partial charge >= 0.3 is 0 Å². The first-order valence-corrected chi connectivity index (χ1v) is 7.83. The van der Waals surface area contributed by atoms with Crippen LogP contribution in [-0.2, 0) is 5.41 Å². The van der Waals surface area contributed by atoms with E-state index in [-0.39, 0.29) is 0 Å². The molecule has 0 spiro atoms. The number of benzene rings is 2. The fourth-order valence-electron chi connectivity index (χ4n) is 3.76. The first kappa shape index (κ1) is 14.2. The highest BCUT2D eigenvalue weighted by Gasteiger charge is 2.46. The highest BCUT2D eigenvalue weighted by molar-refractivity contribution is 5.93. The average molecular weight is 312 g/mol. The van der Waals surface area contributed by atoms with E-state index in [2.05, 4.69) is 4.98 Å². The smallest absolute Gasteiger partial charge is 0.130 e. The van der Waals surface area contributed by atoms with Crippen LogP contribution in [0.3, 0.4) is 0 Å². The molecular weight excluding hydrogens is 294 g/mol. The van der Waals surface area contributed by atoms with Crippen LogP contribution in [0.25, 0.3) is 10.9 Å². The molecule has 1 aromatic heterocycles. The molecule has 1 aliphatic rings. The van der Waals surface area contributed by atoms with E-state index in [1.54, 1.807) is 6.07 Å². The number of nitrogens with two attached hydrogens (primary N) is 1. The van der Waals surface area contributed by atoms with Gasteiger partial charge in [-0.25, -0.2) is 8.78 Å². The van der Waals surface area contributed by atoms with E-state index in [1.165, 1.54) is 6.07 Å². The van der Waals surface area contributed by atoms with Gasteiger partial charge in [-0.3, -0.25) is 0 Å². The van der Waals surface area contributed by atoms with Crippen molar-refractivity contribution in [1.29, 1.82) is 0 Å². The molecular formula is C19H18F2N2. The van der Waals surface area contributed by atoms with Crippen molar-refractivity contribution in [3.63, 3.8) is 0 Å². The number of rotatable bonds is 3. The van der Waals surface area contributed by atoms with Crippen molar-refractivity contribution < 1.29 is 8.78 Å². The standard InChI is InChI=1S/C19H18F2N2/c1-19(11-5-6-11,14-8-7-12(20)9-16(14)21)15-10-23-18-13(15)3-2-4-17(18)22/h2-4,7-11,23H,5-6,22H2,1H3/t19-/m0/s1. The Balaban J connectivity index is 1.98. The summed E-state index contributed by atoms with van der Waals surface area (Å²) in [6.07, 6.45) is 4.01. The molecule has 4 heteroatoms. The minimum absolute atomic E-state index is 0.350. The largest absolute Gasteiger partial charge is 0.397 e. The number of halogens is 2. The Morgan fingerprint density at radius 3 is 2.61 bits per heavy atom. The van der Waals surface area contributed by atoms with Crippen LogP contribution in [0.1, 0.15) is 30.9 Å². The molecule has 0 saturated heterocycles. The Hall–Kier alpha value is -2.36. The fourth-order valence-corrected chi connectivity index (χ4v) is 3.76. The van der Waals surface area contributed by atoms with Gasteiger partial charge in [0.15, 0.2) is 0 Å². The number of fused-ring (bicyclic) bond motifs is 1. The van der Waals surface area contributed by atoms with Crippen LogP contribution in [-0.4, -0.2) is 4.98 Å². The molecule has 1 heterocycles. The summed E-state index contributed by atoms with van der Waals surface area (Å²) in [5.41, 5.74) is 8.65. The Morgan fingerprint density at radius 1 is 1.13 bits per heavy atom. The third kappa shape index (κ3) is 2.05. The second kappa shape index (κ2) is 4.82. The Morgan fingerprint density at radius 2 is 1.91 bits per heavy atom. The summed E-state index contributed by atoms with van der Waals surface area (Å²) in [7, 11) is 0. The maximum absolute atomic E-state index is 14.5. The molecule has 0 radical (unpaired) electrons. The number of hydrogen-bond donors (Lipinski definition) is 2. The lowest BCUT2D eigenvalue weighted by molar-refractivity contribution is 0.460. The number of hydrogen-bond acceptors (Lipinski definition) is 1. The van der Waals surface area contributed by atoms with Gasteiger partial charge in [0.05, 0.1) is 11.2 Å². The van der Waals surface area contributed by atoms with Crippen molar-refractivity contribution in [1.82, 2.24) is 4.98 Å². The lowest BCUT2D eigenvalue weighted by atomic mass is 9.72. The predicted octanol–water partition coefficient (Wildman–Crippen LogP) is 4.74. The van der Waals surface area contributed by atoms with Gasteiger partial charge in [-0.05, 0) is 42.0 Å². The first-order chi connectivity index (χ1) is 11.0. The quantitative estimate of drug-likeness (QED) is 0.674. The monoisotopic (exact) mass is 312 g/mol. The SMILES string of the molecule is C[C@](c1ccc(F)cc1F)(c1c[nH]c2c(N)cccc12)C1CC1. The van der Waals surface area contributed by atoms with Crippen molar-refractivity contribution in [2.24, 2.45) is 5.92 Å². The molecule has 3 aromatic rings. The summed E-state index contributed by atoms with van der Waals surface area (Å²) in [6, 6.07) is 9.63. The van der Waals surface area contributed by atoms with E-state index in [0.29, 0.717) is 17.2 Å². The molecule has 1 saturated carbocycles. The molecule has 118 valence electrons. The van der Waals surface area contributed by atoms with E-state index in [1.807, 2.05) is 31.3 Å². The van der Waals surface area contributed by atoms with E-state index in [4.69, 9.17) is 5.73 Å². The zero-order valence-electron chi connectivity index (χ0n) is 12.9. The summed E-state index contributed by atoms with van der Waals surface area (Å²) >= 11 is 0. The van der Waals surface area contributed by atoms with Crippen LogP contribution in [0.2, 0.25) is 0 Å². The van der Waals surface area contributed by atoms with Gasteiger partial charge in [-0.2, -0.15) is 0 Å².